The van der Waals surface area contributed by atoms with E-state index >= 15 is 0 Å². The summed E-state index contributed by atoms with van der Waals surface area (Å²) in [5, 5.41) is 0. The van der Waals surface area contributed by atoms with Gasteiger partial charge in [0.25, 0.3) is 0 Å². The SMILES string of the molecule is Cc1cc(B2OC(C)(C)C(C)(C)O2)cc2c1ncn2C1CCCCO1. The average Bonchev–Trinajstić information content (AvgIpc) is 3.07. The number of fused-ring (bicyclic) bond motifs is 1. The van der Waals surface area contributed by atoms with Crippen LogP contribution in [0.5, 0.6) is 0 Å². The van der Waals surface area contributed by atoms with Crippen molar-refractivity contribution in [1.29, 1.82) is 0 Å². The molecule has 25 heavy (non-hydrogen) atoms. The monoisotopic (exact) mass is 342 g/mol. The molecule has 1 aromatic heterocycles. The summed E-state index contributed by atoms with van der Waals surface area (Å²) < 4.78 is 20.6. The van der Waals surface area contributed by atoms with Crippen LogP contribution in [0.4, 0.5) is 0 Å². The molecule has 0 radical (unpaired) electrons. The van der Waals surface area contributed by atoms with Crippen LogP contribution < -0.4 is 5.46 Å². The summed E-state index contributed by atoms with van der Waals surface area (Å²) in [6.07, 6.45) is 5.35. The third kappa shape index (κ3) is 2.80. The van der Waals surface area contributed by atoms with Crippen LogP contribution in [0.3, 0.4) is 0 Å². The Kier molecular flexibility index (Phi) is 3.98. The molecule has 0 aliphatic carbocycles. The lowest BCUT2D eigenvalue weighted by molar-refractivity contribution is -0.0295. The Morgan fingerprint density at radius 2 is 1.84 bits per heavy atom. The predicted octanol–water partition coefficient (Wildman–Crippen LogP) is 3.34. The molecule has 6 heteroatoms. The zero-order valence-corrected chi connectivity index (χ0v) is 15.8. The maximum atomic E-state index is 6.23. The van der Waals surface area contributed by atoms with Gasteiger partial charge < -0.3 is 18.6 Å². The van der Waals surface area contributed by atoms with Gasteiger partial charge in [-0.05, 0) is 71.0 Å². The van der Waals surface area contributed by atoms with Crippen LogP contribution in [0, 0.1) is 6.92 Å². The number of ether oxygens (including phenoxy) is 1. The maximum Gasteiger partial charge on any atom is 0.494 e. The van der Waals surface area contributed by atoms with Crippen molar-refractivity contribution in [2.24, 2.45) is 0 Å². The van der Waals surface area contributed by atoms with Crippen LogP contribution in [-0.4, -0.2) is 34.5 Å². The zero-order chi connectivity index (χ0) is 17.8. The summed E-state index contributed by atoms with van der Waals surface area (Å²) in [5.74, 6) is 0. The lowest BCUT2D eigenvalue weighted by Crippen LogP contribution is -2.41. The van der Waals surface area contributed by atoms with Crippen LogP contribution in [0.1, 0.15) is 58.7 Å². The molecular weight excluding hydrogens is 315 g/mol. The second-order valence-electron chi connectivity index (χ2n) is 8.27. The van der Waals surface area contributed by atoms with Gasteiger partial charge in [-0.25, -0.2) is 4.98 Å². The third-order valence-electron chi connectivity index (χ3n) is 5.88. The number of rotatable bonds is 2. The highest BCUT2D eigenvalue weighted by Crippen LogP contribution is 2.37. The first-order chi connectivity index (χ1) is 11.8. The molecule has 0 spiro atoms. The average molecular weight is 342 g/mol. The summed E-state index contributed by atoms with van der Waals surface area (Å²) in [6.45, 7) is 11.2. The van der Waals surface area contributed by atoms with E-state index in [9.17, 15) is 0 Å². The second-order valence-corrected chi connectivity index (χ2v) is 8.27. The van der Waals surface area contributed by atoms with Crippen molar-refractivity contribution < 1.29 is 14.0 Å². The van der Waals surface area contributed by atoms with Crippen molar-refractivity contribution in [2.75, 3.05) is 6.61 Å². The van der Waals surface area contributed by atoms with Gasteiger partial charge in [-0.1, -0.05) is 6.07 Å². The number of nitrogens with zero attached hydrogens (tertiary/aromatic N) is 2. The van der Waals surface area contributed by atoms with Gasteiger partial charge in [-0.15, -0.1) is 0 Å². The van der Waals surface area contributed by atoms with Gasteiger partial charge in [0, 0.05) is 6.61 Å². The topological polar surface area (TPSA) is 45.5 Å². The van der Waals surface area contributed by atoms with E-state index in [4.69, 9.17) is 14.0 Å². The minimum Gasteiger partial charge on any atom is -0.399 e. The number of hydrogen-bond donors (Lipinski definition) is 0. The smallest absolute Gasteiger partial charge is 0.399 e. The fourth-order valence-electron chi connectivity index (χ4n) is 3.62. The number of aromatic nitrogens is 2. The van der Waals surface area contributed by atoms with Gasteiger partial charge in [0.2, 0.25) is 0 Å². The zero-order valence-electron chi connectivity index (χ0n) is 15.8. The summed E-state index contributed by atoms with van der Waals surface area (Å²) in [5.41, 5.74) is 3.62. The molecule has 5 nitrogen and oxygen atoms in total. The molecule has 4 rings (SSSR count). The normalized spacial score (nSPS) is 25.6. The van der Waals surface area contributed by atoms with Crippen molar-refractivity contribution >= 4 is 23.6 Å². The Balaban J connectivity index is 1.74. The quantitative estimate of drug-likeness (QED) is 0.786. The standard InChI is InChI=1S/C19H27BN2O3/c1-13-10-14(20-24-18(2,3)19(4,5)25-20)11-15-17(13)21-12-22(15)16-8-6-7-9-23-16/h10-12,16H,6-9H2,1-5H3. The Morgan fingerprint density at radius 1 is 1.12 bits per heavy atom. The van der Waals surface area contributed by atoms with Gasteiger partial charge >= 0.3 is 7.12 Å². The highest BCUT2D eigenvalue weighted by molar-refractivity contribution is 6.62. The van der Waals surface area contributed by atoms with E-state index in [0.717, 1.165) is 41.5 Å². The van der Waals surface area contributed by atoms with E-state index in [1.54, 1.807) is 0 Å². The van der Waals surface area contributed by atoms with Gasteiger partial charge in [-0.3, -0.25) is 0 Å². The summed E-state index contributed by atoms with van der Waals surface area (Å²) in [7, 11) is -0.358. The van der Waals surface area contributed by atoms with Crippen LogP contribution in [0.25, 0.3) is 11.0 Å². The first-order valence-electron chi connectivity index (χ1n) is 9.23. The van der Waals surface area contributed by atoms with Gasteiger partial charge in [0.15, 0.2) is 0 Å². The van der Waals surface area contributed by atoms with Crippen molar-refractivity contribution in [2.45, 2.75) is 71.3 Å². The van der Waals surface area contributed by atoms with Crippen LogP contribution in [-0.2, 0) is 14.0 Å². The second kappa shape index (κ2) is 5.83. The molecule has 2 aliphatic rings. The van der Waals surface area contributed by atoms with Crippen LogP contribution in [0.2, 0.25) is 0 Å². The van der Waals surface area contributed by atoms with E-state index < -0.39 is 0 Å². The molecule has 1 unspecified atom stereocenters. The Bertz CT molecular complexity index is 777. The summed E-state index contributed by atoms with van der Waals surface area (Å²) in [6, 6.07) is 4.28. The minimum absolute atomic E-state index is 0.0756. The van der Waals surface area contributed by atoms with Gasteiger partial charge in [0.1, 0.15) is 6.23 Å². The van der Waals surface area contributed by atoms with Crippen molar-refractivity contribution in [3.63, 3.8) is 0 Å². The van der Waals surface area contributed by atoms with E-state index in [-0.39, 0.29) is 24.5 Å². The van der Waals surface area contributed by atoms with Gasteiger partial charge in [-0.2, -0.15) is 0 Å². The molecule has 0 bridgehead atoms. The molecule has 2 fully saturated rings. The molecule has 1 atom stereocenters. The maximum absolute atomic E-state index is 6.23. The van der Waals surface area contributed by atoms with E-state index in [1.165, 1.54) is 6.42 Å². The largest absolute Gasteiger partial charge is 0.494 e. The Labute approximate surface area is 149 Å². The first kappa shape index (κ1) is 17.1. The first-order valence-corrected chi connectivity index (χ1v) is 9.23. The molecule has 0 saturated carbocycles. The number of imidazole rings is 1. The molecule has 2 saturated heterocycles. The minimum atomic E-state index is -0.358. The lowest BCUT2D eigenvalue weighted by Gasteiger charge is -2.32. The molecule has 3 heterocycles. The fraction of sp³-hybridized carbons (Fsp3) is 0.632. The summed E-state index contributed by atoms with van der Waals surface area (Å²) >= 11 is 0. The molecule has 2 aromatic rings. The van der Waals surface area contributed by atoms with E-state index in [2.05, 4.69) is 56.3 Å². The van der Waals surface area contributed by atoms with Crippen LogP contribution in [0.15, 0.2) is 18.5 Å². The Hall–Kier alpha value is -1.37. The van der Waals surface area contributed by atoms with Gasteiger partial charge in [0.05, 0.1) is 28.6 Å². The third-order valence-corrected chi connectivity index (χ3v) is 5.88. The molecule has 134 valence electrons. The highest BCUT2D eigenvalue weighted by Gasteiger charge is 2.51. The molecule has 1 aromatic carbocycles. The molecule has 2 aliphatic heterocycles. The molecular formula is C19H27BN2O3. The van der Waals surface area contributed by atoms with Crippen LogP contribution >= 0.6 is 0 Å². The number of benzene rings is 1. The number of aryl methyl sites for hydroxylation is 1. The predicted molar refractivity (Wildman–Crippen MR) is 99.0 cm³/mol. The van der Waals surface area contributed by atoms with E-state index in [1.807, 2.05) is 6.33 Å². The fourth-order valence-corrected chi connectivity index (χ4v) is 3.62. The van der Waals surface area contributed by atoms with Crippen molar-refractivity contribution in [1.82, 2.24) is 9.55 Å². The molecule has 0 N–H and O–H groups in total. The highest BCUT2D eigenvalue weighted by atomic mass is 16.7. The van der Waals surface area contributed by atoms with E-state index in [0.29, 0.717) is 0 Å². The molecule has 0 amide bonds. The summed E-state index contributed by atoms with van der Waals surface area (Å²) in [4.78, 5) is 4.62. The lowest BCUT2D eigenvalue weighted by atomic mass is 9.78. The number of hydrogen-bond acceptors (Lipinski definition) is 4. The van der Waals surface area contributed by atoms with Crippen molar-refractivity contribution in [3.05, 3.63) is 24.0 Å². The Morgan fingerprint density at radius 3 is 2.48 bits per heavy atom. The van der Waals surface area contributed by atoms with Crippen molar-refractivity contribution in [3.8, 4) is 0 Å².